The molecule has 0 aromatic carbocycles. The lowest BCUT2D eigenvalue weighted by Gasteiger charge is -2.23. The molecule has 2 nitrogen and oxygen atoms in total. The van der Waals surface area contributed by atoms with Crippen LogP contribution in [0.15, 0.2) is 0 Å². The minimum Gasteiger partial charge on any atom is -0.462 e. The zero-order valence-electron chi connectivity index (χ0n) is 7.93. The molecule has 0 N–H and O–H groups in total. The van der Waals surface area contributed by atoms with Gasteiger partial charge in [0.2, 0.25) is 0 Å². The van der Waals surface area contributed by atoms with Crippen molar-refractivity contribution in [2.75, 3.05) is 6.61 Å². The van der Waals surface area contributed by atoms with Crippen molar-refractivity contribution < 1.29 is 18.3 Å². The SMILES string of the molecule is CCOC(=O)C(F)(F)[C@@H]1CCC[C@H]1I. The summed E-state index contributed by atoms with van der Waals surface area (Å²) < 4.78 is 31.2. The van der Waals surface area contributed by atoms with Crippen LogP contribution in [0.3, 0.4) is 0 Å². The molecule has 0 spiro atoms. The second-order valence-corrected chi connectivity index (χ2v) is 5.00. The summed E-state index contributed by atoms with van der Waals surface area (Å²) in [6.07, 6.45) is 1.95. The summed E-state index contributed by atoms with van der Waals surface area (Å²) in [5, 5.41) is 0. The molecule has 0 aliphatic heterocycles. The lowest BCUT2D eigenvalue weighted by molar-refractivity contribution is -0.179. The first kappa shape index (κ1) is 12.1. The molecule has 0 aromatic rings. The first-order valence-electron chi connectivity index (χ1n) is 4.69. The molecule has 82 valence electrons. The third-order valence-electron chi connectivity index (χ3n) is 2.44. The van der Waals surface area contributed by atoms with Gasteiger partial charge < -0.3 is 4.74 Å². The van der Waals surface area contributed by atoms with E-state index in [4.69, 9.17) is 0 Å². The van der Waals surface area contributed by atoms with E-state index in [-0.39, 0.29) is 10.5 Å². The van der Waals surface area contributed by atoms with Crippen LogP contribution in [0, 0.1) is 5.92 Å². The fourth-order valence-corrected chi connectivity index (χ4v) is 2.95. The van der Waals surface area contributed by atoms with E-state index in [1.807, 2.05) is 22.6 Å². The molecular formula is C9H13F2IO2. The summed E-state index contributed by atoms with van der Waals surface area (Å²) in [5.74, 6) is -5.52. The molecular weight excluding hydrogens is 305 g/mol. The summed E-state index contributed by atoms with van der Waals surface area (Å²) >= 11 is 1.99. The molecule has 1 aliphatic carbocycles. The summed E-state index contributed by atoms with van der Waals surface area (Å²) in [6.45, 7) is 1.54. The number of hydrogen-bond donors (Lipinski definition) is 0. The number of alkyl halides is 3. The van der Waals surface area contributed by atoms with E-state index < -0.39 is 17.8 Å². The first-order chi connectivity index (χ1) is 6.50. The fourth-order valence-electron chi connectivity index (χ4n) is 1.70. The molecule has 0 bridgehead atoms. The van der Waals surface area contributed by atoms with Crippen LogP contribution < -0.4 is 0 Å². The van der Waals surface area contributed by atoms with Crippen LogP contribution in [0.4, 0.5) is 8.78 Å². The molecule has 1 rings (SSSR count). The third kappa shape index (κ3) is 2.35. The molecule has 14 heavy (non-hydrogen) atoms. The van der Waals surface area contributed by atoms with Gasteiger partial charge in [0.1, 0.15) is 0 Å². The highest BCUT2D eigenvalue weighted by Crippen LogP contribution is 2.42. The van der Waals surface area contributed by atoms with Crippen molar-refractivity contribution in [1.82, 2.24) is 0 Å². The minimum atomic E-state index is -3.31. The van der Waals surface area contributed by atoms with Crippen molar-refractivity contribution in [3.63, 3.8) is 0 Å². The lowest BCUT2D eigenvalue weighted by atomic mass is 10.00. The molecule has 0 radical (unpaired) electrons. The van der Waals surface area contributed by atoms with Gasteiger partial charge in [-0.3, -0.25) is 0 Å². The van der Waals surface area contributed by atoms with E-state index in [9.17, 15) is 13.6 Å². The minimum absolute atomic E-state index is 0.00700. The van der Waals surface area contributed by atoms with Gasteiger partial charge in [-0.05, 0) is 19.8 Å². The Kier molecular flexibility index (Phi) is 4.09. The first-order valence-corrected chi connectivity index (χ1v) is 5.93. The zero-order chi connectivity index (χ0) is 10.8. The van der Waals surface area contributed by atoms with Crippen molar-refractivity contribution >= 4 is 28.6 Å². The predicted octanol–water partition coefficient (Wildman–Crippen LogP) is 2.79. The summed E-state index contributed by atoms with van der Waals surface area (Å²) in [7, 11) is 0. The molecule has 2 atom stereocenters. The number of carbonyl (C=O) groups excluding carboxylic acids is 1. The van der Waals surface area contributed by atoms with Crippen LogP contribution >= 0.6 is 22.6 Å². The van der Waals surface area contributed by atoms with Gasteiger partial charge in [0, 0.05) is 9.84 Å². The van der Waals surface area contributed by atoms with Crippen LogP contribution in [0.5, 0.6) is 0 Å². The Morgan fingerprint density at radius 2 is 2.21 bits per heavy atom. The Bertz CT molecular complexity index is 221. The monoisotopic (exact) mass is 318 g/mol. The summed E-state index contributed by atoms with van der Waals surface area (Å²) in [5.41, 5.74) is 0. The average molecular weight is 318 g/mol. The van der Waals surface area contributed by atoms with Gasteiger partial charge in [0.25, 0.3) is 0 Å². The van der Waals surface area contributed by atoms with E-state index in [2.05, 4.69) is 4.74 Å². The molecule has 1 aliphatic rings. The van der Waals surface area contributed by atoms with Gasteiger partial charge in [0.15, 0.2) is 0 Å². The van der Waals surface area contributed by atoms with E-state index in [1.54, 1.807) is 0 Å². The molecule has 0 heterocycles. The number of hydrogen-bond acceptors (Lipinski definition) is 2. The Balaban J connectivity index is 2.67. The number of halogens is 3. The zero-order valence-corrected chi connectivity index (χ0v) is 10.1. The third-order valence-corrected chi connectivity index (χ3v) is 3.94. The molecule has 1 saturated carbocycles. The highest BCUT2D eigenvalue weighted by molar-refractivity contribution is 14.1. The van der Waals surface area contributed by atoms with Crippen molar-refractivity contribution in [3.05, 3.63) is 0 Å². The smallest absolute Gasteiger partial charge is 0.377 e. The Hall–Kier alpha value is 0.0600. The second-order valence-electron chi connectivity index (χ2n) is 3.40. The van der Waals surface area contributed by atoms with E-state index in [0.29, 0.717) is 6.42 Å². The molecule has 5 heteroatoms. The normalized spacial score (nSPS) is 27.7. The van der Waals surface area contributed by atoms with Gasteiger partial charge in [0.05, 0.1) is 6.61 Å². The predicted molar refractivity (Wildman–Crippen MR) is 56.7 cm³/mol. The van der Waals surface area contributed by atoms with E-state index in [1.165, 1.54) is 6.92 Å². The molecule has 0 saturated heterocycles. The Morgan fingerprint density at radius 3 is 2.64 bits per heavy atom. The molecule has 1 fully saturated rings. The van der Waals surface area contributed by atoms with Crippen LogP contribution in [0.25, 0.3) is 0 Å². The standard InChI is InChI=1S/C9H13F2IO2/c1-2-14-8(13)9(10,11)6-4-3-5-7(6)12/h6-7H,2-5H2,1H3/t6-,7-/m1/s1. The van der Waals surface area contributed by atoms with Crippen molar-refractivity contribution in [1.29, 1.82) is 0 Å². The Labute approximate surface area is 95.5 Å². The molecule has 0 aromatic heterocycles. The maximum atomic E-state index is 13.5. The van der Waals surface area contributed by atoms with Crippen LogP contribution in [-0.2, 0) is 9.53 Å². The van der Waals surface area contributed by atoms with Gasteiger partial charge in [-0.2, -0.15) is 8.78 Å². The van der Waals surface area contributed by atoms with Crippen LogP contribution in [-0.4, -0.2) is 22.4 Å². The van der Waals surface area contributed by atoms with E-state index in [0.717, 1.165) is 12.8 Å². The number of carbonyl (C=O) groups is 1. The summed E-state index contributed by atoms with van der Waals surface area (Å²) in [4.78, 5) is 11.0. The van der Waals surface area contributed by atoms with E-state index >= 15 is 0 Å². The maximum absolute atomic E-state index is 13.5. The molecule has 0 unspecified atom stereocenters. The Morgan fingerprint density at radius 1 is 1.57 bits per heavy atom. The number of rotatable bonds is 3. The average Bonchev–Trinajstić information content (AvgIpc) is 2.52. The van der Waals surface area contributed by atoms with Gasteiger partial charge in [-0.25, -0.2) is 4.79 Å². The maximum Gasteiger partial charge on any atom is 0.377 e. The topological polar surface area (TPSA) is 26.3 Å². The summed E-state index contributed by atoms with van der Waals surface area (Å²) in [6, 6.07) is 0. The number of esters is 1. The van der Waals surface area contributed by atoms with Crippen LogP contribution in [0.1, 0.15) is 26.2 Å². The second kappa shape index (κ2) is 4.72. The highest BCUT2D eigenvalue weighted by Gasteiger charge is 2.52. The van der Waals surface area contributed by atoms with Crippen molar-refractivity contribution in [2.24, 2.45) is 5.92 Å². The van der Waals surface area contributed by atoms with Gasteiger partial charge in [-0.1, -0.05) is 29.0 Å². The number of ether oxygens (including phenoxy) is 1. The fraction of sp³-hybridized carbons (Fsp3) is 0.889. The highest BCUT2D eigenvalue weighted by atomic mass is 127. The van der Waals surface area contributed by atoms with Gasteiger partial charge >= 0.3 is 11.9 Å². The van der Waals surface area contributed by atoms with Gasteiger partial charge in [-0.15, -0.1) is 0 Å². The lowest BCUT2D eigenvalue weighted by Crippen LogP contribution is -2.40. The quantitative estimate of drug-likeness (QED) is 0.454. The van der Waals surface area contributed by atoms with Crippen molar-refractivity contribution in [2.45, 2.75) is 36.0 Å². The van der Waals surface area contributed by atoms with Crippen molar-refractivity contribution in [3.8, 4) is 0 Å². The molecule has 0 amide bonds. The van der Waals surface area contributed by atoms with Crippen LogP contribution in [0.2, 0.25) is 0 Å². The largest absolute Gasteiger partial charge is 0.462 e.